The zero-order valence-electron chi connectivity index (χ0n) is 14.0. The number of nitrogens with one attached hydrogen (secondary N) is 1. The number of furan rings is 1. The second kappa shape index (κ2) is 7.03. The number of aliphatic hydroxyl groups is 1. The van der Waals surface area contributed by atoms with Gasteiger partial charge < -0.3 is 19.7 Å². The summed E-state index contributed by atoms with van der Waals surface area (Å²) in [4.78, 5) is 14.3. The number of carbonyl (C=O) groups is 1. The topological polar surface area (TPSA) is 65.7 Å². The van der Waals surface area contributed by atoms with E-state index in [0.717, 1.165) is 27.3 Å². The number of nitrogens with zero attached hydrogens (tertiary/aromatic N) is 1. The average molecular weight is 326 g/mol. The van der Waals surface area contributed by atoms with Gasteiger partial charge in [-0.2, -0.15) is 0 Å². The molecule has 0 aliphatic heterocycles. The lowest BCUT2D eigenvalue weighted by atomic mass is 10.0. The molecule has 24 heavy (non-hydrogen) atoms. The van der Waals surface area contributed by atoms with E-state index in [4.69, 9.17) is 4.42 Å². The molecular weight excluding hydrogens is 304 g/mol. The number of fused-ring (bicyclic) bond motifs is 3. The van der Waals surface area contributed by atoms with E-state index in [9.17, 15) is 9.90 Å². The molecule has 0 saturated carbocycles. The molecule has 0 spiro atoms. The first-order valence-electron chi connectivity index (χ1n) is 8.01. The van der Waals surface area contributed by atoms with E-state index in [0.29, 0.717) is 6.54 Å². The van der Waals surface area contributed by atoms with E-state index in [1.807, 2.05) is 55.4 Å². The summed E-state index contributed by atoms with van der Waals surface area (Å²) in [6.45, 7) is 0.510. The molecule has 1 aromatic heterocycles. The van der Waals surface area contributed by atoms with Gasteiger partial charge in [-0.15, -0.1) is 0 Å². The van der Waals surface area contributed by atoms with Crippen molar-refractivity contribution in [3.05, 3.63) is 48.2 Å². The van der Waals surface area contributed by atoms with Crippen molar-refractivity contribution in [3.8, 4) is 0 Å². The van der Waals surface area contributed by atoms with Crippen molar-refractivity contribution >= 4 is 27.6 Å². The van der Waals surface area contributed by atoms with Gasteiger partial charge in [-0.3, -0.25) is 4.79 Å². The first-order valence-corrected chi connectivity index (χ1v) is 8.01. The molecule has 0 aliphatic carbocycles. The van der Waals surface area contributed by atoms with Crippen LogP contribution in [0.3, 0.4) is 0 Å². The van der Waals surface area contributed by atoms with Gasteiger partial charge in [0.15, 0.2) is 0 Å². The van der Waals surface area contributed by atoms with Crippen LogP contribution in [0.2, 0.25) is 0 Å². The summed E-state index contributed by atoms with van der Waals surface area (Å²) >= 11 is 0. The zero-order valence-corrected chi connectivity index (χ0v) is 14.0. The van der Waals surface area contributed by atoms with Gasteiger partial charge in [0.25, 0.3) is 0 Å². The monoisotopic (exact) mass is 326 g/mol. The third-order valence-electron chi connectivity index (χ3n) is 4.06. The quantitative estimate of drug-likeness (QED) is 0.728. The number of benzene rings is 2. The lowest BCUT2D eigenvalue weighted by Crippen LogP contribution is -2.44. The van der Waals surface area contributed by atoms with Gasteiger partial charge in [0.2, 0.25) is 5.91 Å². The summed E-state index contributed by atoms with van der Waals surface area (Å²) in [6, 6.07) is 11.7. The van der Waals surface area contributed by atoms with Gasteiger partial charge in [0, 0.05) is 17.5 Å². The van der Waals surface area contributed by atoms with E-state index in [1.54, 1.807) is 6.26 Å². The van der Waals surface area contributed by atoms with Crippen LogP contribution in [0.25, 0.3) is 21.7 Å². The molecular formula is C19H22N2O3. The lowest BCUT2D eigenvalue weighted by Gasteiger charge is -2.20. The molecule has 1 unspecified atom stereocenters. The second-order valence-corrected chi connectivity index (χ2v) is 6.31. The zero-order chi connectivity index (χ0) is 17.1. The summed E-state index contributed by atoms with van der Waals surface area (Å²) in [6.07, 6.45) is 1.88. The average Bonchev–Trinajstić information content (AvgIpc) is 2.97. The number of carbonyl (C=O) groups excluding carboxylic acids is 1. The molecule has 3 rings (SSSR count). The van der Waals surface area contributed by atoms with Crippen molar-refractivity contribution in [2.45, 2.75) is 12.5 Å². The normalized spacial score (nSPS) is 12.8. The molecule has 1 heterocycles. The maximum Gasteiger partial charge on any atom is 0.224 e. The van der Waals surface area contributed by atoms with Crippen LogP contribution >= 0.6 is 0 Å². The molecule has 3 aromatic rings. The molecule has 5 heteroatoms. The van der Waals surface area contributed by atoms with Crippen LogP contribution in [-0.4, -0.2) is 49.2 Å². The SMILES string of the molecule is CN(C)CC(CO)NC(=O)Cc1coc2ccc3ccccc3c12. The molecule has 0 saturated heterocycles. The molecule has 0 bridgehead atoms. The Kier molecular flexibility index (Phi) is 4.83. The molecule has 126 valence electrons. The van der Waals surface area contributed by atoms with Crippen LogP contribution < -0.4 is 5.32 Å². The van der Waals surface area contributed by atoms with Crippen LogP contribution in [0.5, 0.6) is 0 Å². The summed E-state index contributed by atoms with van der Waals surface area (Å²) < 4.78 is 5.62. The van der Waals surface area contributed by atoms with Gasteiger partial charge >= 0.3 is 0 Å². The highest BCUT2D eigenvalue weighted by molar-refractivity contribution is 6.08. The molecule has 2 aromatic carbocycles. The summed E-state index contributed by atoms with van der Waals surface area (Å²) in [7, 11) is 3.81. The Hall–Kier alpha value is -2.37. The number of rotatable bonds is 6. The molecule has 0 aliphatic rings. The number of aliphatic hydroxyl groups excluding tert-OH is 1. The van der Waals surface area contributed by atoms with Gasteiger partial charge in [0.05, 0.1) is 25.3 Å². The number of hydrogen-bond donors (Lipinski definition) is 2. The van der Waals surface area contributed by atoms with E-state index in [1.165, 1.54) is 0 Å². The fourth-order valence-corrected chi connectivity index (χ4v) is 3.05. The van der Waals surface area contributed by atoms with Crippen molar-refractivity contribution in [1.82, 2.24) is 10.2 Å². The molecule has 1 atom stereocenters. The van der Waals surface area contributed by atoms with E-state index in [-0.39, 0.29) is 25.0 Å². The first kappa shape index (κ1) is 16.5. The maximum atomic E-state index is 12.4. The highest BCUT2D eigenvalue weighted by Crippen LogP contribution is 2.30. The Morgan fingerprint density at radius 1 is 1.25 bits per heavy atom. The third kappa shape index (κ3) is 3.42. The lowest BCUT2D eigenvalue weighted by molar-refractivity contribution is -0.121. The smallest absolute Gasteiger partial charge is 0.224 e. The van der Waals surface area contributed by atoms with E-state index < -0.39 is 0 Å². The standard InChI is InChI=1S/C19H22N2O3/c1-21(2)10-15(11-22)20-18(23)9-14-12-24-17-8-7-13-5-3-4-6-16(13)19(14)17/h3-8,12,15,22H,9-11H2,1-2H3,(H,20,23). The number of amides is 1. The summed E-state index contributed by atoms with van der Waals surface area (Å²) in [5.74, 6) is -0.119. The predicted octanol–water partition coefficient (Wildman–Crippen LogP) is 2.17. The fraction of sp³-hybridized carbons (Fsp3) is 0.316. The number of hydrogen-bond acceptors (Lipinski definition) is 4. The van der Waals surface area contributed by atoms with Gasteiger partial charge in [-0.1, -0.05) is 30.3 Å². The van der Waals surface area contributed by atoms with Crippen LogP contribution in [0.4, 0.5) is 0 Å². The minimum Gasteiger partial charge on any atom is -0.464 e. The van der Waals surface area contributed by atoms with Crippen molar-refractivity contribution in [2.24, 2.45) is 0 Å². The first-order chi connectivity index (χ1) is 11.6. The van der Waals surface area contributed by atoms with Crippen molar-refractivity contribution in [3.63, 3.8) is 0 Å². The molecule has 0 fully saturated rings. The highest BCUT2D eigenvalue weighted by atomic mass is 16.3. The van der Waals surface area contributed by atoms with Crippen molar-refractivity contribution in [1.29, 1.82) is 0 Å². The Balaban J connectivity index is 1.85. The van der Waals surface area contributed by atoms with Gasteiger partial charge in [0.1, 0.15) is 5.58 Å². The Morgan fingerprint density at radius 2 is 2.04 bits per heavy atom. The van der Waals surface area contributed by atoms with Crippen LogP contribution in [-0.2, 0) is 11.2 Å². The minimum atomic E-state index is -0.276. The van der Waals surface area contributed by atoms with Crippen LogP contribution in [0.1, 0.15) is 5.56 Å². The third-order valence-corrected chi connectivity index (χ3v) is 4.06. The maximum absolute atomic E-state index is 12.4. The molecule has 2 N–H and O–H groups in total. The van der Waals surface area contributed by atoms with E-state index >= 15 is 0 Å². The van der Waals surface area contributed by atoms with E-state index in [2.05, 4.69) is 5.32 Å². The largest absolute Gasteiger partial charge is 0.464 e. The number of likely N-dealkylation sites (N-methyl/N-ethyl adjacent to an activating group) is 1. The minimum absolute atomic E-state index is 0.0843. The Bertz CT molecular complexity index is 854. The Morgan fingerprint density at radius 3 is 2.79 bits per heavy atom. The molecule has 0 radical (unpaired) electrons. The predicted molar refractivity (Wildman–Crippen MR) is 95.0 cm³/mol. The van der Waals surface area contributed by atoms with Crippen LogP contribution in [0.15, 0.2) is 47.1 Å². The van der Waals surface area contributed by atoms with Gasteiger partial charge in [-0.25, -0.2) is 0 Å². The molecule has 1 amide bonds. The fourth-order valence-electron chi connectivity index (χ4n) is 3.05. The van der Waals surface area contributed by atoms with Gasteiger partial charge in [-0.05, 0) is 30.9 Å². The second-order valence-electron chi connectivity index (χ2n) is 6.31. The summed E-state index contributed by atoms with van der Waals surface area (Å²) in [5, 5.41) is 15.5. The Labute approximate surface area is 140 Å². The highest BCUT2D eigenvalue weighted by Gasteiger charge is 2.16. The van der Waals surface area contributed by atoms with Crippen molar-refractivity contribution in [2.75, 3.05) is 27.2 Å². The van der Waals surface area contributed by atoms with Crippen LogP contribution in [0, 0.1) is 0 Å². The van der Waals surface area contributed by atoms with Crippen molar-refractivity contribution < 1.29 is 14.3 Å². The summed E-state index contributed by atoms with van der Waals surface area (Å²) in [5.41, 5.74) is 1.64. The molecule has 5 nitrogen and oxygen atoms in total.